The molecule has 0 unspecified atom stereocenters. The van der Waals surface area contributed by atoms with Gasteiger partial charge in [-0.3, -0.25) is 4.89 Å². The van der Waals surface area contributed by atoms with Gasteiger partial charge in [-0.15, -0.1) is 0 Å². The minimum absolute atomic E-state index is 0.0646. The van der Waals surface area contributed by atoms with Gasteiger partial charge in [-0.1, -0.05) is 12.2 Å². The molecule has 2 rings (SSSR count). The van der Waals surface area contributed by atoms with Crippen molar-refractivity contribution < 1.29 is 28.0 Å². The maximum atomic E-state index is 11.6. The summed E-state index contributed by atoms with van der Waals surface area (Å²) in [4.78, 5) is 9.44. The smallest absolute Gasteiger partial charge is 0.461 e. The minimum Gasteiger partial charge on any atom is -0.461 e. The predicted octanol–water partition coefficient (Wildman–Crippen LogP) is 1.98. The summed E-state index contributed by atoms with van der Waals surface area (Å²) >= 11 is 0. The van der Waals surface area contributed by atoms with E-state index >= 15 is 0 Å². The molecule has 0 aromatic carbocycles. The Morgan fingerprint density at radius 3 is 1.88 bits per heavy atom. The van der Waals surface area contributed by atoms with Crippen LogP contribution in [0.1, 0.15) is 0 Å². The summed E-state index contributed by atoms with van der Waals surface area (Å²) in [6, 6.07) is 0. The van der Waals surface area contributed by atoms with Gasteiger partial charge in [-0.05, 0) is 12.2 Å². The molecule has 6 nitrogen and oxygen atoms in total. The fraction of sp³-hybridized carbons (Fsp3) is 0.200. The first-order chi connectivity index (χ1) is 8.16. The molecule has 0 amide bonds. The third-order valence-corrected chi connectivity index (χ3v) is 2.61. The number of hydrogen-bond donors (Lipinski definition) is 1. The van der Waals surface area contributed by atoms with E-state index in [1.54, 1.807) is 24.3 Å². The summed E-state index contributed by atoms with van der Waals surface area (Å²) in [5.41, 5.74) is 0. The van der Waals surface area contributed by atoms with Gasteiger partial charge in [0.1, 0.15) is 13.2 Å². The Bertz CT molecular complexity index is 410. The molecule has 17 heavy (non-hydrogen) atoms. The van der Waals surface area contributed by atoms with E-state index in [-0.39, 0.29) is 25.1 Å². The number of rotatable bonds is 4. The molecule has 0 saturated heterocycles. The molecule has 7 heteroatoms. The number of hydrogen-bond acceptors (Lipinski definition) is 5. The normalized spacial score (nSPS) is 18.6. The van der Waals surface area contributed by atoms with E-state index in [4.69, 9.17) is 18.5 Å². The Balaban J connectivity index is 1.96. The predicted molar refractivity (Wildman–Crippen MR) is 58.3 cm³/mol. The van der Waals surface area contributed by atoms with Crippen LogP contribution >= 0.6 is 7.82 Å². The van der Waals surface area contributed by atoms with Gasteiger partial charge in [-0.2, -0.15) is 0 Å². The monoisotopic (exact) mass is 258 g/mol. The third kappa shape index (κ3) is 3.69. The zero-order valence-electron chi connectivity index (χ0n) is 8.81. The third-order valence-electron chi connectivity index (χ3n) is 1.79. The zero-order valence-corrected chi connectivity index (χ0v) is 9.71. The van der Waals surface area contributed by atoms with E-state index in [0.29, 0.717) is 0 Å². The molecule has 0 radical (unpaired) electrons. The van der Waals surface area contributed by atoms with Crippen molar-refractivity contribution in [2.24, 2.45) is 0 Å². The van der Waals surface area contributed by atoms with Gasteiger partial charge < -0.3 is 18.5 Å². The van der Waals surface area contributed by atoms with Gasteiger partial charge in [0.05, 0.1) is 0 Å². The molecule has 2 aliphatic rings. The Morgan fingerprint density at radius 2 is 1.53 bits per heavy atom. The van der Waals surface area contributed by atoms with Crippen molar-refractivity contribution in [3.8, 4) is 0 Å². The molecule has 2 aliphatic heterocycles. The van der Waals surface area contributed by atoms with E-state index < -0.39 is 7.82 Å². The molecule has 1 N–H and O–H groups in total. The van der Waals surface area contributed by atoms with Crippen LogP contribution in [0.5, 0.6) is 0 Å². The second-order valence-electron chi connectivity index (χ2n) is 3.10. The van der Waals surface area contributed by atoms with Crippen LogP contribution in [0.25, 0.3) is 0 Å². The first-order valence-corrected chi connectivity index (χ1v) is 6.36. The molecule has 0 bridgehead atoms. The number of allylic oxidation sites excluding steroid dienone is 4. The molecular weight excluding hydrogens is 247 g/mol. The Hall–Kier alpha value is -1.65. The first-order valence-electron chi connectivity index (χ1n) is 4.87. The lowest BCUT2D eigenvalue weighted by Gasteiger charge is -2.18. The van der Waals surface area contributed by atoms with Crippen LogP contribution in [-0.4, -0.2) is 18.1 Å². The van der Waals surface area contributed by atoms with Crippen molar-refractivity contribution in [2.45, 2.75) is 0 Å². The summed E-state index contributed by atoms with van der Waals surface area (Å²) < 4.78 is 30.9. The van der Waals surface area contributed by atoms with Crippen LogP contribution in [0.15, 0.2) is 48.3 Å². The molecule has 0 aromatic rings. The molecule has 2 heterocycles. The van der Waals surface area contributed by atoms with Crippen molar-refractivity contribution in [1.82, 2.24) is 0 Å². The lowest BCUT2D eigenvalue weighted by molar-refractivity contribution is 0.0585. The highest BCUT2D eigenvalue weighted by Crippen LogP contribution is 2.48. The van der Waals surface area contributed by atoms with Crippen LogP contribution in [0.3, 0.4) is 0 Å². The van der Waals surface area contributed by atoms with Gasteiger partial charge in [0.15, 0.2) is 0 Å². The van der Waals surface area contributed by atoms with Crippen LogP contribution in [-0.2, 0) is 23.1 Å². The Labute approximate surface area is 98.1 Å². The van der Waals surface area contributed by atoms with E-state index in [0.717, 1.165) is 0 Å². The topological polar surface area (TPSA) is 74.2 Å². The largest absolute Gasteiger partial charge is 0.589 e. The highest BCUT2D eigenvalue weighted by Gasteiger charge is 2.29. The number of phosphoric ester groups is 1. The van der Waals surface area contributed by atoms with Crippen molar-refractivity contribution in [3.05, 3.63) is 48.3 Å². The average Bonchev–Trinajstić information content (AvgIpc) is 2.30. The highest BCUT2D eigenvalue weighted by atomic mass is 31.2. The van der Waals surface area contributed by atoms with Gasteiger partial charge in [0, 0.05) is 12.2 Å². The molecule has 0 aromatic heterocycles. The Kier molecular flexibility index (Phi) is 3.56. The van der Waals surface area contributed by atoms with Crippen molar-refractivity contribution >= 4 is 7.82 Å². The second kappa shape index (κ2) is 5.12. The van der Waals surface area contributed by atoms with E-state index in [9.17, 15) is 9.46 Å². The Morgan fingerprint density at radius 1 is 1.06 bits per heavy atom. The van der Waals surface area contributed by atoms with Gasteiger partial charge >= 0.3 is 7.82 Å². The van der Waals surface area contributed by atoms with E-state index in [2.05, 4.69) is 0 Å². The summed E-state index contributed by atoms with van der Waals surface area (Å²) in [7, 11) is -4.28. The minimum atomic E-state index is -4.28. The van der Waals surface area contributed by atoms with Crippen LogP contribution in [0.2, 0.25) is 0 Å². The summed E-state index contributed by atoms with van der Waals surface area (Å²) in [6.07, 6.45) is 9.61. The van der Waals surface area contributed by atoms with Gasteiger partial charge in [0.25, 0.3) is 11.9 Å². The molecule has 0 atom stereocenters. The second-order valence-corrected chi connectivity index (χ2v) is 4.40. The zero-order chi connectivity index (χ0) is 12.1. The summed E-state index contributed by atoms with van der Waals surface area (Å²) in [5, 5.41) is 0. The molecule has 0 saturated carbocycles. The molecule has 92 valence electrons. The molecule has 0 spiro atoms. The fourth-order valence-corrected chi connectivity index (χ4v) is 1.84. The number of phosphoric acid groups is 1. The standard InChI is InChI=1S/C10H11O6P/c11-17(12,15-9-5-1-3-7-13-9)16-10-6-2-4-8-14-10/h1-6H,7-8H2,(H,11,12). The molecule has 0 fully saturated rings. The van der Waals surface area contributed by atoms with Crippen molar-refractivity contribution in [1.29, 1.82) is 0 Å². The average molecular weight is 258 g/mol. The maximum Gasteiger partial charge on any atom is 0.589 e. The van der Waals surface area contributed by atoms with Gasteiger partial charge in [-0.25, -0.2) is 4.57 Å². The number of ether oxygens (including phenoxy) is 2. The van der Waals surface area contributed by atoms with Gasteiger partial charge in [0.2, 0.25) is 0 Å². The van der Waals surface area contributed by atoms with Crippen LogP contribution in [0, 0.1) is 0 Å². The maximum absolute atomic E-state index is 11.6. The molecular formula is C10H11O6P. The first kappa shape index (κ1) is 11.8. The highest BCUT2D eigenvalue weighted by molar-refractivity contribution is 7.47. The van der Waals surface area contributed by atoms with Crippen molar-refractivity contribution in [3.63, 3.8) is 0 Å². The van der Waals surface area contributed by atoms with Crippen molar-refractivity contribution in [2.75, 3.05) is 13.2 Å². The van der Waals surface area contributed by atoms with E-state index in [1.165, 1.54) is 12.2 Å². The lowest BCUT2D eigenvalue weighted by atomic mass is 10.4. The fourth-order valence-electron chi connectivity index (χ4n) is 1.12. The molecule has 0 aliphatic carbocycles. The SMILES string of the molecule is O=P(O)(OC1=CC=CCO1)OC1=CC=CCO1. The summed E-state index contributed by atoms with van der Waals surface area (Å²) in [6.45, 7) is 0.571. The lowest BCUT2D eigenvalue weighted by Crippen LogP contribution is -2.04. The van der Waals surface area contributed by atoms with Crippen LogP contribution in [0.4, 0.5) is 0 Å². The van der Waals surface area contributed by atoms with E-state index in [1.807, 2.05) is 0 Å². The quantitative estimate of drug-likeness (QED) is 0.777. The van der Waals surface area contributed by atoms with Crippen LogP contribution < -0.4 is 0 Å². The summed E-state index contributed by atoms with van der Waals surface area (Å²) in [5.74, 6) is -0.129.